The van der Waals surface area contributed by atoms with Crippen molar-refractivity contribution in [3.63, 3.8) is 0 Å². The van der Waals surface area contributed by atoms with E-state index in [4.69, 9.17) is 0 Å². The van der Waals surface area contributed by atoms with Gasteiger partial charge in [-0.2, -0.15) is 0 Å². The van der Waals surface area contributed by atoms with E-state index in [2.05, 4.69) is 15.5 Å². The van der Waals surface area contributed by atoms with Crippen LogP contribution in [-0.4, -0.2) is 36.0 Å². The lowest BCUT2D eigenvalue weighted by Gasteiger charge is -2.05. The lowest BCUT2D eigenvalue weighted by molar-refractivity contribution is -0.119. The van der Waals surface area contributed by atoms with Crippen molar-refractivity contribution < 1.29 is 13.2 Å². The summed E-state index contributed by atoms with van der Waals surface area (Å²) in [4.78, 5) is 11.7. The van der Waals surface area contributed by atoms with E-state index in [0.717, 1.165) is 5.01 Å². The minimum absolute atomic E-state index is 0.0589. The summed E-state index contributed by atoms with van der Waals surface area (Å²) in [6.45, 7) is 1.79. The van der Waals surface area contributed by atoms with Crippen LogP contribution in [0.3, 0.4) is 0 Å². The molecule has 1 amide bonds. The fourth-order valence-electron chi connectivity index (χ4n) is 1.56. The molecule has 2 rings (SSSR count). The summed E-state index contributed by atoms with van der Waals surface area (Å²) in [6.07, 6.45) is 0.395. The highest BCUT2D eigenvalue weighted by atomic mass is 32.2. The van der Waals surface area contributed by atoms with Crippen LogP contribution < -0.4 is 5.32 Å². The van der Waals surface area contributed by atoms with E-state index in [1.165, 1.54) is 11.3 Å². The quantitative estimate of drug-likeness (QED) is 0.822. The molecule has 1 aromatic rings. The molecular formula is C8H11N3O3S2. The largest absolute Gasteiger partial charge is 0.300 e. The first-order valence-corrected chi connectivity index (χ1v) is 7.41. The number of nitrogens with zero attached hydrogens (tertiary/aromatic N) is 2. The summed E-state index contributed by atoms with van der Waals surface area (Å²) in [5.74, 6) is -0.692. The topological polar surface area (TPSA) is 89.0 Å². The van der Waals surface area contributed by atoms with Gasteiger partial charge in [-0.05, 0) is 13.3 Å². The molecule has 0 unspecified atom stereocenters. The van der Waals surface area contributed by atoms with E-state index in [0.29, 0.717) is 11.6 Å². The Kier molecular flexibility index (Phi) is 2.94. The molecule has 1 aromatic heterocycles. The van der Waals surface area contributed by atoms with Crippen LogP contribution in [-0.2, 0) is 14.6 Å². The maximum atomic E-state index is 11.7. The average molecular weight is 261 g/mol. The van der Waals surface area contributed by atoms with Crippen LogP contribution in [0.2, 0.25) is 0 Å². The zero-order chi connectivity index (χ0) is 11.8. The SMILES string of the molecule is Cc1nnc(NC(=O)[C@@H]2CCS(=O)(=O)C2)s1. The third kappa shape index (κ3) is 2.56. The highest BCUT2D eigenvalue weighted by Crippen LogP contribution is 2.21. The maximum absolute atomic E-state index is 11.7. The number of rotatable bonds is 2. The van der Waals surface area contributed by atoms with Gasteiger partial charge < -0.3 is 5.32 Å². The number of aryl methyl sites for hydroxylation is 1. The summed E-state index contributed by atoms with van der Waals surface area (Å²) >= 11 is 1.27. The van der Waals surface area contributed by atoms with Gasteiger partial charge in [-0.3, -0.25) is 4.79 Å². The van der Waals surface area contributed by atoms with Gasteiger partial charge in [0.15, 0.2) is 9.84 Å². The van der Waals surface area contributed by atoms with E-state index in [1.54, 1.807) is 6.92 Å². The third-order valence-electron chi connectivity index (χ3n) is 2.36. The zero-order valence-corrected chi connectivity index (χ0v) is 10.3. The molecule has 1 fully saturated rings. The van der Waals surface area contributed by atoms with Crippen molar-refractivity contribution in [3.8, 4) is 0 Å². The molecule has 16 heavy (non-hydrogen) atoms. The minimum atomic E-state index is -3.02. The van der Waals surface area contributed by atoms with E-state index >= 15 is 0 Å². The fraction of sp³-hybridized carbons (Fsp3) is 0.625. The van der Waals surface area contributed by atoms with Crippen molar-refractivity contribution in [1.82, 2.24) is 10.2 Å². The molecule has 6 nitrogen and oxygen atoms in total. The van der Waals surface area contributed by atoms with Crippen molar-refractivity contribution >= 4 is 32.2 Å². The van der Waals surface area contributed by atoms with E-state index in [9.17, 15) is 13.2 Å². The predicted molar refractivity (Wildman–Crippen MR) is 60.0 cm³/mol. The molecule has 0 radical (unpaired) electrons. The van der Waals surface area contributed by atoms with Gasteiger partial charge in [-0.25, -0.2) is 8.42 Å². The second-order valence-corrected chi connectivity index (χ2v) is 7.13. The van der Waals surface area contributed by atoms with Gasteiger partial charge in [0.25, 0.3) is 0 Å². The Morgan fingerprint density at radius 2 is 2.25 bits per heavy atom. The molecular weight excluding hydrogens is 250 g/mol. The first kappa shape index (κ1) is 11.5. The van der Waals surface area contributed by atoms with Crippen LogP contribution in [0, 0.1) is 12.8 Å². The number of carbonyl (C=O) groups excluding carboxylic acids is 1. The molecule has 0 spiro atoms. The molecule has 0 aromatic carbocycles. The molecule has 1 atom stereocenters. The molecule has 1 aliphatic rings. The minimum Gasteiger partial charge on any atom is -0.300 e. The number of nitrogens with one attached hydrogen (secondary N) is 1. The van der Waals surface area contributed by atoms with Gasteiger partial charge >= 0.3 is 0 Å². The van der Waals surface area contributed by atoms with Crippen LogP contribution in [0.1, 0.15) is 11.4 Å². The predicted octanol–water partition coefficient (Wildman–Crippen LogP) is 0.220. The highest BCUT2D eigenvalue weighted by Gasteiger charge is 2.33. The number of hydrogen-bond donors (Lipinski definition) is 1. The normalized spacial score (nSPS) is 23.2. The Morgan fingerprint density at radius 1 is 1.50 bits per heavy atom. The number of anilines is 1. The van der Waals surface area contributed by atoms with Crippen LogP contribution in [0.25, 0.3) is 0 Å². The van der Waals surface area contributed by atoms with Crippen LogP contribution in [0.15, 0.2) is 0 Å². The number of aromatic nitrogens is 2. The molecule has 0 aliphatic carbocycles. The van der Waals surface area contributed by atoms with Crippen molar-refractivity contribution in [1.29, 1.82) is 0 Å². The van der Waals surface area contributed by atoms with Crippen LogP contribution in [0.4, 0.5) is 5.13 Å². The summed E-state index contributed by atoms with van der Waals surface area (Å²) in [5, 5.41) is 11.3. The van der Waals surface area contributed by atoms with Gasteiger partial charge in [0.05, 0.1) is 17.4 Å². The smallest absolute Gasteiger partial charge is 0.230 e. The van der Waals surface area contributed by atoms with Crippen molar-refractivity contribution in [2.75, 3.05) is 16.8 Å². The Bertz CT molecular complexity index is 508. The molecule has 2 heterocycles. The number of sulfone groups is 1. The van der Waals surface area contributed by atoms with Gasteiger partial charge in [-0.1, -0.05) is 11.3 Å². The Morgan fingerprint density at radius 3 is 2.75 bits per heavy atom. The van der Waals surface area contributed by atoms with Crippen molar-refractivity contribution in [2.45, 2.75) is 13.3 Å². The Hall–Kier alpha value is -1.02. The molecule has 1 N–H and O–H groups in total. The molecule has 1 aliphatic heterocycles. The molecule has 0 bridgehead atoms. The van der Waals surface area contributed by atoms with Crippen molar-refractivity contribution in [3.05, 3.63) is 5.01 Å². The first-order chi connectivity index (χ1) is 7.46. The standard InChI is InChI=1S/C8H11N3O3S2/c1-5-10-11-8(15-5)9-7(12)6-2-3-16(13,14)4-6/h6H,2-4H2,1H3,(H,9,11,12)/t6-/m1/s1. The second-order valence-electron chi connectivity index (χ2n) is 3.72. The summed E-state index contributed by atoms with van der Waals surface area (Å²) < 4.78 is 22.4. The van der Waals surface area contributed by atoms with Gasteiger partial charge in [0.2, 0.25) is 11.0 Å². The monoisotopic (exact) mass is 261 g/mol. The number of amides is 1. The number of carbonyl (C=O) groups is 1. The summed E-state index contributed by atoms with van der Waals surface area (Å²) in [6, 6.07) is 0. The summed E-state index contributed by atoms with van der Waals surface area (Å²) in [5.41, 5.74) is 0. The second kappa shape index (κ2) is 4.10. The third-order valence-corrected chi connectivity index (χ3v) is 4.88. The van der Waals surface area contributed by atoms with Gasteiger partial charge in [0, 0.05) is 0 Å². The molecule has 0 saturated carbocycles. The lowest BCUT2D eigenvalue weighted by atomic mass is 10.1. The fourth-order valence-corrected chi connectivity index (χ4v) is 3.89. The maximum Gasteiger partial charge on any atom is 0.230 e. The van der Waals surface area contributed by atoms with E-state index < -0.39 is 15.8 Å². The Labute approximate surface area is 97.0 Å². The molecule has 88 valence electrons. The number of hydrogen-bond acceptors (Lipinski definition) is 6. The lowest BCUT2D eigenvalue weighted by Crippen LogP contribution is -2.23. The van der Waals surface area contributed by atoms with Gasteiger partial charge in [0.1, 0.15) is 5.01 Å². The van der Waals surface area contributed by atoms with Crippen molar-refractivity contribution in [2.24, 2.45) is 5.92 Å². The Balaban J connectivity index is 1.99. The zero-order valence-electron chi connectivity index (χ0n) is 8.63. The van der Waals surface area contributed by atoms with E-state index in [-0.39, 0.29) is 17.4 Å². The average Bonchev–Trinajstić information content (AvgIpc) is 2.72. The molecule has 8 heteroatoms. The van der Waals surface area contributed by atoms with Crippen LogP contribution in [0.5, 0.6) is 0 Å². The highest BCUT2D eigenvalue weighted by molar-refractivity contribution is 7.91. The molecule has 1 saturated heterocycles. The van der Waals surface area contributed by atoms with E-state index in [1.807, 2.05) is 0 Å². The van der Waals surface area contributed by atoms with Crippen LogP contribution >= 0.6 is 11.3 Å². The summed E-state index contributed by atoms with van der Waals surface area (Å²) in [7, 11) is -3.02. The first-order valence-electron chi connectivity index (χ1n) is 4.78. The van der Waals surface area contributed by atoms with Gasteiger partial charge in [-0.15, -0.1) is 10.2 Å².